The molecule has 0 heterocycles. The van der Waals surface area contributed by atoms with E-state index in [2.05, 4.69) is 20.1 Å². The van der Waals surface area contributed by atoms with E-state index in [1.54, 1.807) is 0 Å². The van der Waals surface area contributed by atoms with E-state index in [1.165, 1.54) is 73.8 Å². The maximum absolute atomic E-state index is 13.1. The van der Waals surface area contributed by atoms with Crippen molar-refractivity contribution < 1.29 is 45.9 Å². The molecule has 13 nitrogen and oxygen atoms in total. The summed E-state index contributed by atoms with van der Waals surface area (Å²) in [4.78, 5) is 23.6. The van der Waals surface area contributed by atoms with Gasteiger partial charge in [-0.2, -0.15) is 8.42 Å². The number of esters is 1. The Morgan fingerprint density at radius 2 is 1.14 bits per heavy atom. The van der Waals surface area contributed by atoms with Gasteiger partial charge in [0.15, 0.2) is 0 Å². The van der Waals surface area contributed by atoms with Crippen molar-refractivity contribution >= 4 is 70.7 Å². The van der Waals surface area contributed by atoms with Gasteiger partial charge in [0.1, 0.15) is 11.5 Å². The summed E-state index contributed by atoms with van der Waals surface area (Å²) in [7, 11) is -7.53. The van der Waals surface area contributed by atoms with Gasteiger partial charge in [-0.25, -0.2) is 18.0 Å². The van der Waals surface area contributed by atoms with Crippen molar-refractivity contribution in [1.29, 1.82) is 0 Å². The van der Waals surface area contributed by atoms with Crippen LogP contribution in [0.5, 0.6) is 11.5 Å². The van der Waals surface area contributed by atoms with Gasteiger partial charge >= 0.3 is 12.0 Å². The van der Waals surface area contributed by atoms with Gasteiger partial charge < -0.3 is 25.6 Å². The molecule has 0 fully saturated rings. The lowest BCUT2D eigenvalue weighted by Crippen LogP contribution is -2.19. The molecule has 0 bridgehead atoms. The molecule has 0 aliphatic heterocycles. The van der Waals surface area contributed by atoms with E-state index in [0.717, 1.165) is 18.2 Å². The zero-order valence-corrected chi connectivity index (χ0v) is 24.2. The third-order valence-corrected chi connectivity index (χ3v) is 8.68. The van der Waals surface area contributed by atoms with Crippen molar-refractivity contribution in [2.75, 3.05) is 22.5 Å². The Balaban J connectivity index is 1.36. The molecular formula is C29H23N3O10S2. The molecule has 5 aromatic carbocycles. The highest BCUT2D eigenvalue weighted by Crippen LogP contribution is 2.33. The second kappa shape index (κ2) is 11.4. The van der Waals surface area contributed by atoms with Crippen molar-refractivity contribution in [3.63, 3.8) is 0 Å². The van der Waals surface area contributed by atoms with Crippen molar-refractivity contribution in [1.82, 2.24) is 0 Å². The third kappa shape index (κ3) is 6.34. The van der Waals surface area contributed by atoms with Crippen LogP contribution in [0.15, 0.2) is 94.7 Å². The van der Waals surface area contributed by atoms with Crippen LogP contribution >= 0.6 is 0 Å². The minimum atomic E-state index is -4.58. The summed E-state index contributed by atoms with van der Waals surface area (Å²) in [6, 6.07) is 18.1. The fraction of sp³-hybridized carbons (Fsp3) is 0.0345. The number of sulfonamides is 1. The number of phenolic OH excluding ortho intramolecular Hbond substituents is 2. The van der Waals surface area contributed by atoms with E-state index in [1.807, 2.05) is 0 Å². The molecular weight excluding hydrogens is 614 g/mol. The Labute approximate surface area is 250 Å². The zero-order valence-electron chi connectivity index (χ0n) is 22.6. The minimum absolute atomic E-state index is 0.169. The highest BCUT2D eigenvalue weighted by molar-refractivity contribution is 7.92. The molecule has 0 saturated heterocycles. The predicted molar refractivity (Wildman–Crippen MR) is 162 cm³/mol. The number of carbonyl (C=O) groups excluding carboxylic acids is 2. The van der Waals surface area contributed by atoms with Crippen molar-refractivity contribution in [2.45, 2.75) is 9.79 Å². The fourth-order valence-electron chi connectivity index (χ4n) is 4.40. The van der Waals surface area contributed by atoms with Gasteiger partial charge in [-0.1, -0.05) is 0 Å². The van der Waals surface area contributed by atoms with Crippen LogP contribution in [0.1, 0.15) is 10.4 Å². The molecule has 0 radical (unpaired) electrons. The van der Waals surface area contributed by atoms with Gasteiger partial charge in [0.05, 0.1) is 22.5 Å². The molecule has 0 atom stereocenters. The first-order chi connectivity index (χ1) is 20.7. The van der Waals surface area contributed by atoms with Crippen molar-refractivity contribution in [2.24, 2.45) is 0 Å². The molecule has 0 unspecified atom stereocenters. The van der Waals surface area contributed by atoms with Crippen LogP contribution in [-0.2, 0) is 24.9 Å². The van der Waals surface area contributed by atoms with E-state index in [-0.39, 0.29) is 49.8 Å². The first-order valence-corrected chi connectivity index (χ1v) is 15.5. The Morgan fingerprint density at radius 1 is 0.659 bits per heavy atom. The highest BCUT2D eigenvalue weighted by Gasteiger charge is 2.18. The largest absolute Gasteiger partial charge is 0.507 e. The van der Waals surface area contributed by atoms with Crippen molar-refractivity contribution in [3.8, 4) is 11.5 Å². The number of anilines is 3. The molecule has 6 N–H and O–H groups in total. The summed E-state index contributed by atoms with van der Waals surface area (Å²) in [5.41, 5.74) is 0.887. The zero-order chi connectivity index (χ0) is 31.8. The monoisotopic (exact) mass is 637 g/mol. The van der Waals surface area contributed by atoms with E-state index in [9.17, 15) is 41.2 Å². The standard InChI is InChI=1S/C29H23N3O10S2/c1-42-28(35)16-2-4-19(5-3-16)32-43(37,38)22-12-17-10-20(6-8-24(17)26(33)14-22)30-29(36)31-21-7-9-25-18(11-21)13-23(15-27(25)34)44(39,40)41/h2-15,32-34H,1H3,(H2,30,31,36)(H,39,40,41). The first-order valence-electron chi connectivity index (χ1n) is 12.5. The second-order valence-electron chi connectivity index (χ2n) is 9.49. The highest BCUT2D eigenvalue weighted by atomic mass is 32.2. The lowest BCUT2D eigenvalue weighted by Gasteiger charge is -2.12. The Hall–Kier alpha value is -5.38. The van der Waals surface area contributed by atoms with E-state index in [0.29, 0.717) is 10.8 Å². The number of carbonyl (C=O) groups is 2. The molecule has 0 saturated carbocycles. The third-order valence-electron chi connectivity index (χ3n) is 6.49. The maximum Gasteiger partial charge on any atom is 0.337 e. The molecule has 2 amide bonds. The average molecular weight is 638 g/mol. The van der Waals surface area contributed by atoms with Crippen LogP contribution in [0.2, 0.25) is 0 Å². The number of nitrogens with one attached hydrogen (secondary N) is 3. The number of fused-ring (bicyclic) bond motifs is 2. The maximum atomic E-state index is 13.1. The van der Waals surface area contributed by atoms with Gasteiger partial charge in [0.2, 0.25) is 0 Å². The minimum Gasteiger partial charge on any atom is -0.507 e. The van der Waals surface area contributed by atoms with E-state index < -0.39 is 37.0 Å². The molecule has 5 rings (SSSR count). The quantitative estimate of drug-likeness (QED) is 0.105. The number of ether oxygens (including phenoxy) is 1. The topological polar surface area (TPSA) is 208 Å². The summed E-state index contributed by atoms with van der Waals surface area (Å²) in [5.74, 6) is -1.27. The summed E-state index contributed by atoms with van der Waals surface area (Å²) in [5, 5.41) is 27.0. The summed E-state index contributed by atoms with van der Waals surface area (Å²) >= 11 is 0. The number of amides is 2. The number of aromatic hydroxyl groups is 2. The van der Waals surface area contributed by atoms with Crippen LogP contribution in [0, 0.1) is 0 Å². The molecule has 0 spiro atoms. The van der Waals surface area contributed by atoms with Crippen molar-refractivity contribution in [3.05, 3.63) is 90.5 Å². The van der Waals surface area contributed by atoms with Gasteiger partial charge in [0, 0.05) is 40.0 Å². The second-order valence-corrected chi connectivity index (χ2v) is 12.6. The Bertz CT molecular complexity index is 2180. The van der Waals surface area contributed by atoms with E-state index >= 15 is 0 Å². The number of phenols is 2. The molecule has 15 heteroatoms. The fourth-order valence-corrected chi connectivity index (χ4v) is 6.05. The van der Waals surface area contributed by atoms with Gasteiger partial charge in [-0.05, 0) is 83.6 Å². The Morgan fingerprint density at radius 3 is 1.64 bits per heavy atom. The Kier molecular flexibility index (Phi) is 7.77. The summed E-state index contributed by atoms with van der Waals surface area (Å²) in [6.45, 7) is 0. The predicted octanol–water partition coefficient (Wildman–Crippen LogP) is 4.88. The van der Waals surface area contributed by atoms with E-state index in [4.69, 9.17) is 0 Å². The molecule has 44 heavy (non-hydrogen) atoms. The molecule has 5 aromatic rings. The van der Waals surface area contributed by atoms with Gasteiger partial charge in [0.25, 0.3) is 20.1 Å². The van der Waals surface area contributed by atoms with Gasteiger partial charge in [-0.3, -0.25) is 9.27 Å². The molecule has 226 valence electrons. The molecule has 0 aromatic heterocycles. The van der Waals surface area contributed by atoms with Crippen LogP contribution < -0.4 is 15.4 Å². The SMILES string of the molecule is COC(=O)c1ccc(NS(=O)(=O)c2cc(O)c3ccc(NC(=O)Nc4ccc5c(O)cc(S(=O)(=O)O)cc5c4)cc3c2)cc1. The lowest BCUT2D eigenvalue weighted by molar-refractivity contribution is 0.0600. The smallest absolute Gasteiger partial charge is 0.337 e. The summed E-state index contributed by atoms with van der Waals surface area (Å²) < 4.78 is 65.5. The molecule has 0 aliphatic carbocycles. The van der Waals surface area contributed by atoms with Crippen LogP contribution in [0.25, 0.3) is 21.5 Å². The number of benzene rings is 5. The number of methoxy groups -OCH3 is 1. The first kappa shape index (κ1) is 30.1. The normalized spacial score (nSPS) is 11.7. The van der Waals surface area contributed by atoms with Crippen LogP contribution in [0.4, 0.5) is 21.9 Å². The summed E-state index contributed by atoms with van der Waals surface area (Å²) in [6.07, 6.45) is 0. The van der Waals surface area contributed by atoms with Gasteiger partial charge in [-0.15, -0.1) is 0 Å². The van der Waals surface area contributed by atoms with Crippen LogP contribution in [-0.4, -0.2) is 50.7 Å². The number of urea groups is 1. The number of hydrogen-bond acceptors (Lipinski definition) is 9. The number of rotatable bonds is 7. The average Bonchev–Trinajstić information content (AvgIpc) is 2.96. The number of hydrogen-bond donors (Lipinski definition) is 6. The molecule has 0 aliphatic rings. The lowest BCUT2D eigenvalue weighted by atomic mass is 10.1. The van der Waals surface area contributed by atoms with Crippen LogP contribution in [0.3, 0.4) is 0 Å².